The zero-order valence-corrected chi connectivity index (χ0v) is 16.6. The number of nitrogens with zero attached hydrogens (tertiary/aromatic N) is 3. The number of fused-ring (bicyclic) bond motifs is 1. The van der Waals surface area contributed by atoms with Gasteiger partial charge in [0.2, 0.25) is 0 Å². The molecule has 144 valence electrons. The minimum Gasteiger partial charge on any atom is -0.456 e. The van der Waals surface area contributed by atoms with E-state index in [9.17, 15) is 0 Å². The van der Waals surface area contributed by atoms with Crippen molar-refractivity contribution in [1.29, 1.82) is 0 Å². The van der Waals surface area contributed by atoms with Crippen LogP contribution in [0.4, 0.5) is 5.69 Å². The molecule has 3 aromatic rings. The van der Waals surface area contributed by atoms with Gasteiger partial charge in [-0.15, -0.1) is 0 Å². The highest BCUT2D eigenvalue weighted by molar-refractivity contribution is 5.78. The Bertz CT molecular complexity index is 975. The van der Waals surface area contributed by atoms with Crippen LogP contribution in [0.25, 0.3) is 11.1 Å². The Morgan fingerprint density at radius 3 is 2.64 bits per heavy atom. The van der Waals surface area contributed by atoms with E-state index in [-0.39, 0.29) is 0 Å². The Balaban J connectivity index is 1.63. The van der Waals surface area contributed by atoms with Crippen LogP contribution in [0.15, 0.2) is 54.9 Å². The maximum Gasteiger partial charge on any atom is 0.140 e. The Hall–Kier alpha value is -2.75. The molecule has 4 heteroatoms. The summed E-state index contributed by atoms with van der Waals surface area (Å²) in [5.74, 6) is 1.87. The summed E-state index contributed by atoms with van der Waals surface area (Å²) in [4.78, 5) is 2.49. The number of benzene rings is 2. The SMILES string of the molecule is CCN1c2ccc(-c3cnn(C4CC4)c3)c(Oc3ccccc3)c2CC[C@@H]1C. The Labute approximate surface area is 166 Å². The van der Waals surface area contributed by atoms with Gasteiger partial charge in [0.05, 0.1) is 12.2 Å². The van der Waals surface area contributed by atoms with E-state index in [2.05, 4.69) is 46.9 Å². The van der Waals surface area contributed by atoms with E-state index in [1.807, 2.05) is 36.5 Å². The second-order valence-electron chi connectivity index (χ2n) is 7.97. The molecule has 5 rings (SSSR count). The van der Waals surface area contributed by atoms with E-state index in [0.29, 0.717) is 12.1 Å². The summed E-state index contributed by atoms with van der Waals surface area (Å²) < 4.78 is 8.62. The highest BCUT2D eigenvalue weighted by atomic mass is 16.5. The van der Waals surface area contributed by atoms with Gasteiger partial charge in [0, 0.05) is 41.2 Å². The zero-order chi connectivity index (χ0) is 19.1. The monoisotopic (exact) mass is 373 g/mol. The van der Waals surface area contributed by atoms with Gasteiger partial charge in [-0.3, -0.25) is 4.68 Å². The highest BCUT2D eigenvalue weighted by Gasteiger charge is 2.28. The van der Waals surface area contributed by atoms with Crippen molar-refractivity contribution in [2.24, 2.45) is 0 Å². The van der Waals surface area contributed by atoms with Crippen molar-refractivity contribution in [3.05, 3.63) is 60.4 Å². The van der Waals surface area contributed by atoms with E-state index in [4.69, 9.17) is 4.74 Å². The number of hydrogen-bond acceptors (Lipinski definition) is 3. The topological polar surface area (TPSA) is 30.3 Å². The first kappa shape index (κ1) is 17.4. The quantitative estimate of drug-likeness (QED) is 0.563. The molecule has 0 radical (unpaired) electrons. The first-order valence-electron chi connectivity index (χ1n) is 10.4. The lowest BCUT2D eigenvalue weighted by molar-refractivity contribution is 0.469. The van der Waals surface area contributed by atoms with Crippen molar-refractivity contribution in [3.63, 3.8) is 0 Å². The van der Waals surface area contributed by atoms with Gasteiger partial charge < -0.3 is 9.64 Å². The maximum absolute atomic E-state index is 6.51. The molecule has 1 atom stereocenters. The van der Waals surface area contributed by atoms with Gasteiger partial charge in [0.25, 0.3) is 0 Å². The lowest BCUT2D eigenvalue weighted by Gasteiger charge is -2.37. The molecule has 2 aromatic carbocycles. The Morgan fingerprint density at radius 1 is 1.07 bits per heavy atom. The molecule has 1 aliphatic heterocycles. The first-order valence-corrected chi connectivity index (χ1v) is 10.4. The van der Waals surface area contributed by atoms with Crippen LogP contribution in [0.2, 0.25) is 0 Å². The normalized spacial score (nSPS) is 18.8. The second kappa shape index (κ2) is 7.01. The van der Waals surface area contributed by atoms with Crippen molar-refractivity contribution >= 4 is 5.69 Å². The first-order chi connectivity index (χ1) is 13.7. The van der Waals surface area contributed by atoms with Crippen molar-refractivity contribution < 1.29 is 4.74 Å². The van der Waals surface area contributed by atoms with E-state index >= 15 is 0 Å². The predicted molar refractivity (Wildman–Crippen MR) is 113 cm³/mol. The van der Waals surface area contributed by atoms with Gasteiger partial charge in [0.15, 0.2) is 0 Å². The van der Waals surface area contributed by atoms with Gasteiger partial charge in [-0.1, -0.05) is 18.2 Å². The van der Waals surface area contributed by atoms with Crippen LogP contribution >= 0.6 is 0 Å². The van der Waals surface area contributed by atoms with Crippen LogP contribution < -0.4 is 9.64 Å². The van der Waals surface area contributed by atoms with Gasteiger partial charge in [-0.05, 0) is 63.8 Å². The summed E-state index contributed by atoms with van der Waals surface area (Å²) in [5, 5.41) is 4.61. The summed E-state index contributed by atoms with van der Waals surface area (Å²) in [6.07, 6.45) is 8.84. The van der Waals surface area contributed by atoms with E-state index in [1.54, 1.807) is 0 Å². The number of rotatable bonds is 5. The van der Waals surface area contributed by atoms with Crippen LogP contribution in [0.1, 0.15) is 44.7 Å². The molecule has 2 aliphatic rings. The van der Waals surface area contributed by atoms with E-state index in [1.165, 1.54) is 24.1 Å². The van der Waals surface area contributed by atoms with Crippen LogP contribution in [-0.4, -0.2) is 22.4 Å². The highest BCUT2D eigenvalue weighted by Crippen LogP contribution is 2.45. The molecular formula is C24H27N3O. The van der Waals surface area contributed by atoms with Crippen LogP contribution in [0.5, 0.6) is 11.5 Å². The summed E-state index contributed by atoms with van der Waals surface area (Å²) in [7, 11) is 0. The van der Waals surface area contributed by atoms with Gasteiger partial charge in [-0.2, -0.15) is 5.10 Å². The molecule has 0 bridgehead atoms. The fourth-order valence-corrected chi connectivity index (χ4v) is 4.32. The molecule has 0 saturated heterocycles. The summed E-state index contributed by atoms with van der Waals surface area (Å²) in [6.45, 7) is 5.56. The van der Waals surface area contributed by atoms with Crippen LogP contribution in [-0.2, 0) is 6.42 Å². The largest absolute Gasteiger partial charge is 0.456 e. The number of aromatic nitrogens is 2. The Morgan fingerprint density at radius 2 is 1.89 bits per heavy atom. The molecule has 0 unspecified atom stereocenters. The summed E-state index contributed by atoms with van der Waals surface area (Å²) >= 11 is 0. The fourth-order valence-electron chi connectivity index (χ4n) is 4.32. The number of hydrogen-bond donors (Lipinski definition) is 0. The smallest absolute Gasteiger partial charge is 0.140 e. The van der Waals surface area contributed by atoms with Gasteiger partial charge in [0.1, 0.15) is 11.5 Å². The molecule has 28 heavy (non-hydrogen) atoms. The van der Waals surface area contributed by atoms with Crippen molar-refractivity contribution in [2.75, 3.05) is 11.4 Å². The third-order valence-electron chi connectivity index (χ3n) is 6.03. The minimum atomic E-state index is 0.561. The summed E-state index contributed by atoms with van der Waals surface area (Å²) in [5.41, 5.74) is 4.91. The molecule has 0 amide bonds. The molecular weight excluding hydrogens is 346 g/mol. The number of anilines is 1. The third kappa shape index (κ3) is 3.07. The van der Waals surface area contributed by atoms with Crippen molar-refractivity contribution in [3.8, 4) is 22.6 Å². The standard InChI is InChI=1S/C24H27N3O/c1-3-26-17(2)9-12-22-23(26)14-13-21(18-15-25-27(16-18)19-10-11-19)24(22)28-20-7-5-4-6-8-20/h4-8,13-17,19H,3,9-12H2,1-2H3/t17-/m0/s1. The maximum atomic E-state index is 6.51. The Kier molecular flexibility index (Phi) is 4.34. The molecule has 0 spiro atoms. The van der Waals surface area contributed by atoms with E-state index in [0.717, 1.165) is 42.0 Å². The van der Waals surface area contributed by atoms with Crippen molar-refractivity contribution in [1.82, 2.24) is 9.78 Å². The van der Waals surface area contributed by atoms with Crippen LogP contribution in [0, 0.1) is 0 Å². The van der Waals surface area contributed by atoms with Crippen molar-refractivity contribution in [2.45, 2.75) is 51.6 Å². The lowest BCUT2D eigenvalue weighted by Crippen LogP contribution is -2.37. The van der Waals surface area contributed by atoms with E-state index < -0.39 is 0 Å². The minimum absolute atomic E-state index is 0.561. The average molecular weight is 374 g/mol. The lowest BCUT2D eigenvalue weighted by atomic mass is 9.92. The molecule has 1 aromatic heterocycles. The summed E-state index contributed by atoms with van der Waals surface area (Å²) in [6, 6.07) is 15.8. The molecule has 0 N–H and O–H groups in total. The second-order valence-corrected chi connectivity index (χ2v) is 7.97. The number of ether oxygens (including phenoxy) is 1. The fraction of sp³-hybridized carbons (Fsp3) is 0.375. The average Bonchev–Trinajstić information content (AvgIpc) is 3.46. The van der Waals surface area contributed by atoms with Gasteiger partial charge in [-0.25, -0.2) is 0 Å². The molecule has 1 fully saturated rings. The molecule has 1 aliphatic carbocycles. The number of para-hydroxylation sites is 1. The van der Waals surface area contributed by atoms with Crippen LogP contribution in [0.3, 0.4) is 0 Å². The molecule has 2 heterocycles. The van der Waals surface area contributed by atoms with Gasteiger partial charge >= 0.3 is 0 Å². The molecule has 1 saturated carbocycles. The zero-order valence-electron chi connectivity index (χ0n) is 16.6. The molecule has 4 nitrogen and oxygen atoms in total. The predicted octanol–water partition coefficient (Wildman–Crippen LogP) is 5.84. The third-order valence-corrected chi connectivity index (χ3v) is 6.03.